The highest BCUT2D eigenvalue weighted by Crippen LogP contribution is 2.33. The number of phenols is 1. The smallest absolute Gasteiger partial charge is 0.146 e. The Morgan fingerprint density at radius 1 is 1.10 bits per heavy atom. The van der Waals surface area contributed by atoms with Crippen molar-refractivity contribution in [3.8, 4) is 17.6 Å². The Hall–Kier alpha value is -3.56. The highest BCUT2D eigenvalue weighted by Gasteiger charge is 2.18. The molecule has 1 N–H and O–H groups in total. The molecule has 1 fully saturated rings. The first-order chi connectivity index (χ1) is 15.2. The number of pyridine rings is 1. The predicted octanol–water partition coefficient (Wildman–Crippen LogP) is 4.42. The van der Waals surface area contributed by atoms with Gasteiger partial charge < -0.3 is 14.4 Å². The van der Waals surface area contributed by atoms with E-state index in [0.717, 1.165) is 52.8 Å². The van der Waals surface area contributed by atoms with E-state index in [1.807, 2.05) is 36.5 Å². The van der Waals surface area contributed by atoms with E-state index in [-0.39, 0.29) is 5.75 Å². The van der Waals surface area contributed by atoms with Gasteiger partial charge in [0.25, 0.3) is 0 Å². The zero-order valence-corrected chi connectivity index (χ0v) is 17.5. The van der Waals surface area contributed by atoms with E-state index in [2.05, 4.69) is 26.6 Å². The van der Waals surface area contributed by atoms with Crippen molar-refractivity contribution in [3.05, 3.63) is 65.5 Å². The van der Waals surface area contributed by atoms with Crippen molar-refractivity contribution < 1.29 is 9.84 Å². The van der Waals surface area contributed by atoms with Crippen LogP contribution in [0.1, 0.15) is 29.5 Å². The molecule has 6 heteroatoms. The summed E-state index contributed by atoms with van der Waals surface area (Å²) in [5.41, 5.74) is 4.18. The standard InChI is InChI=1S/C25H24N4O2/c1-31-20-6-7-21-19(13-26)16-29(23(21)12-20)15-17-11-18(14-28-9-2-3-10-28)25(30)24-22(17)5-4-8-27-24/h4-8,11-12,16,30H,2-3,9-10,14-15H2,1H3. The molecule has 1 aliphatic rings. The third-order valence-corrected chi connectivity index (χ3v) is 6.17. The number of fused-ring (bicyclic) bond motifs is 2. The highest BCUT2D eigenvalue weighted by molar-refractivity contribution is 5.90. The Morgan fingerprint density at radius 3 is 2.71 bits per heavy atom. The zero-order chi connectivity index (χ0) is 21.4. The normalized spacial score (nSPS) is 14.3. The van der Waals surface area contributed by atoms with Gasteiger partial charge in [-0.15, -0.1) is 0 Å². The third kappa shape index (κ3) is 3.47. The summed E-state index contributed by atoms with van der Waals surface area (Å²) in [5.74, 6) is 1.02. The third-order valence-electron chi connectivity index (χ3n) is 6.17. The minimum Gasteiger partial charge on any atom is -0.505 e. The second kappa shape index (κ2) is 7.93. The van der Waals surface area contributed by atoms with E-state index in [1.54, 1.807) is 13.3 Å². The van der Waals surface area contributed by atoms with Crippen molar-refractivity contribution in [1.29, 1.82) is 5.26 Å². The van der Waals surface area contributed by atoms with Gasteiger partial charge in [-0.05, 0) is 55.8 Å². The molecule has 0 amide bonds. The van der Waals surface area contributed by atoms with Crippen LogP contribution in [0.2, 0.25) is 0 Å². The van der Waals surface area contributed by atoms with Crippen molar-refractivity contribution in [2.24, 2.45) is 0 Å². The van der Waals surface area contributed by atoms with Crippen LogP contribution < -0.4 is 4.74 Å². The average Bonchev–Trinajstić information content (AvgIpc) is 3.44. The molecule has 2 aromatic heterocycles. The van der Waals surface area contributed by atoms with E-state index >= 15 is 0 Å². The number of hydrogen-bond acceptors (Lipinski definition) is 5. The van der Waals surface area contributed by atoms with E-state index in [9.17, 15) is 10.4 Å². The van der Waals surface area contributed by atoms with Crippen LogP contribution in [0.3, 0.4) is 0 Å². The summed E-state index contributed by atoms with van der Waals surface area (Å²) in [6, 6.07) is 14.0. The number of likely N-dealkylation sites (tertiary alicyclic amines) is 1. The molecule has 0 unspecified atom stereocenters. The molecule has 0 aliphatic carbocycles. The molecule has 156 valence electrons. The highest BCUT2D eigenvalue weighted by atomic mass is 16.5. The fraction of sp³-hybridized carbons (Fsp3) is 0.280. The minimum absolute atomic E-state index is 0.267. The van der Waals surface area contributed by atoms with Gasteiger partial charge in [-0.25, -0.2) is 0 Å². The van der Waals surface area contributed by atoms with Crippen LogP contribution in [-0.2, 0) is 13.1 Å². The summed E-state index contributed by atoms with van der Waals surface area (Å²) in [6.45, 7) is 3.40. The quantitative estimate of drug-likeness (QED) is 0.525. The molecule has 5 rings (SSSR count). The van der Waals surface area contributed by atoms with Crippen molar-refractivity contribution >= 4 is 21.8 Å². The molecule has 0 saturated carbocycles. The topological polar surface area (TPSA) is 74.3 Å². The maximum atomic E-state index is 10.9. The van der Waals surface area contributed by atoms with Crippen molar-refractivity contribution in [2.45, 2.75) is 25.9 Å². The number of rotatable bonds is 5. The maximum Gasteiger partial charge on any atom is 0.146 e. The van der Waals surface area contributed by atoms with E-state index in [1.165, 1.54) is 12.8 Å². The Labute approximate surface area is 180 Å². The zero-order valence-electron chi connectivity index (χ0n) is 17.5. The van der Waals surface area contributed by atoms with E-state index < -0.39 is 0 Å². The number of phenolic OH excluding ortho intramolecular Hbond substituents is 1. The molecule has 0 radical (unpaired) electrons. The molecule has 0 atom stereocenters. The van der Waals surface area contributed by atoms with Gasteiger partial charge in [0.2, 0.25) is 0 Å². The largest absolute Gasteiger partial charge is 0.505 e. The Morgan fingerprint density at radius 2 is 1.94 bits per heavy atom. The lowest BCUT2D eigenvalue weighted by Crippen LogP contribution is -2.18. The number of aromatic nitrogens is 2. The second-order valence-electron chi connectivity index (χ2n) is 8.09. The number of ether oxygens (including phenoxy) is 1. The summed E-state index contributed by atoms with van der Waals surface area (Å²) in [6.07, 6.45) is 6.01. The van der Waals surface area contributed by atoms with Crippen LogP contribution in [0, 0.1) is 11.3 Å². The first-order valence-corrected chi connectivity index (χ1v) is 10.6. The van der Waals surface area contributed by atoms with Gasteiger partial charge in [0.05, 0.1) is 18.2 Å². The lowest BCUT2D eigenvalue weighted by Gasteiger charge is -2.18. The number of hydrogen-bond donors (Lipinski definition) is 1. The molecule has 6 nitrogen and oxygen atoms in total. The van der Waals surface area contributed by atoms with Gasteiger partial charge in [-0.1, -0.05) is 6.07 Å². The molecule has 0 bridgehead atoms. The molecule has 2 aromatic carbocycles. The Balaban J connectivity index is 1.63. The van der Waals surface area contributed by atoms with Gasteiger partial charge in [0.1, 0.15) is 23.1 Å². The summed E-state index contributed by atoms with van der Waals surface area (Å²) >= 11 is 0. The summed E-state index contributed by atoms with van der Waals surface area (Å²) in [7, 11) is 1.64. The van der Waals surface area contributed by atoms with E-state index in [4.69, 9.17) is 4.74 Å². The first-order valence-electron chi connectivity index (χ1n) is 10.6. The van der Waals surface area contributed by atoms with Crippen molar-refractivity contribution in [3.63, 3.8) is 0 Å². The number of aromatic hydroxyl groups is 1. The lowest BCUT2D eigenvalue weighted by molar-refractivity contribution is 0.324. The van der Waals surface area contributed by atoms with Gasteiger partial charge in [-0.3, -0.25) is 9.88 Å². The summed E-state index contributed by atoms with van der Waals surface area (Å²) in [4.78, 5) is 6.85. The molecule has 1 aliphatic heterocycles. The van der Waals surface area contributed by atoms with Gasteiger partial charge >= 0.3 is 0 Å². The minimum atomic E-state index is 0.267. The van der Waals surface area contributed by atoms with Crippen LogP contribution in [0.5, 0.6) is 11.5 Å². The average molecular weight is 412 g/mol. The number of nitriles is 1. The molecular weight excluding hydrogens is 388 g/mol. The van der Waals surface area contributed by atoms with Crippen LogP contribution in [0.25, 0.3) is 21.8 Å². The SMILES string of the molecule is COc1ccc2c(C#N)cn(Cc3cc(CN4CCCC4)c(O)c4ncccc34)c2c1. The lowest BCUT2D eigenvalue weighted by atomic mass is 10.0. The Kier molecular flexibility index (Phi) is 4.97. The van der Waals surface area contributed by atoms with Gasteiger partial charge in [-0.2, -0.15) is 5.26 Å². The first kappa shape index (κ1) is 19.4. The van der Waals surface area contributed by atoms with Crippen molar-refractivity contribution in [2.75, 3.05) is 20.2 Å². The Bertz CT molecular complexity index is 1310. The van der Waals surface area contributed by atoms with E-state index in [0.29, 0.717) is 17.6 Å². The van der Waals surface area contributed by atoms with Crippen LogP contribution >= 0.6 is 0 Å². The maximum absolute atomic E-state index is 10.9. The van der Waals surface area contributed by atoms with Gasteiger partial charge in [0.15, 0.2) is 0 Å². The van der Waals surface area contributed by atoms with Crippen LogP contribution in [-0.4, -0.2) is 39.8 Å². The van der Waals surface area contributed by atoms with Crippen LogP contribution in [0.15, 0.2) is 48.8 Å². The van der Waals surface area contributed by atoms with Crippen LogP contribution in [0.4, 0.5) is 0 Å². The second-order valence-corrected chi connectivity index (χ2v) is 8.09. The molecular formula is C25H24N4O2. The summed E-state index contributed by atoms with van der Waals surface area (Å²) < 4.78 is 7.48. The molecule has 0 spiro atoms. The molecule has 3 heterocycles. The van der Waals surface area contributed by atoms with Crippen molar-refractivity contribution in [1.82, 2.24) is 14.5 Å². The fourth-order valence-corrected chi connectivity index (χ4v) is 4.60. The monoisotopic (exact) mass is 412 g/mol. The number of methoxy groups -OCH3 is 1. The van der Waals surface area contributed by atoms with Gasteiger partial charge in [0, 0.05) is 47.9 Å². The molecule has 4 aromatic rings. The predicted molar refractivity (Wildman–Crippen MR) is 120 cm³/mol. The number of nitrogens with zero attached hydrogens (tertiary/aromatic N) is 4. The molecule has 1 saturated heterocycles. The molecule has 31 heavy (non-hydrogen) atoms. The number of benzene rings is 2. The fourth-order valence-electron chi connectivity index (χ4n) is 4.60. The summed E-state index contributed by atoms with van der Waals surface area (Å²) in [5, 5.41) is 22.4.